The molecular formula is C13H18N4O2S. The number of nitrogen functional groups attached to an aromatic ring is 1. The summed E-state index contributed by atoms with van der Waals surface area (Å²) in [6.45, 7) is 4.44. The number of aromatic amines is 1. The molecule has 0 aliphatic rings. The van der Waals surface area contributed by atoms with Crippen molar-refractivity contribution < 1.29 is 8.42 Å². The summed E-state index contributed by atoms with van der Waals surface area (Å²) < 4.78 is 26.5. The number of nitrogens with two attached hydrogens (primary N) is 1. The molecule has 0 saturated carbocycles. The maximum absolute atomic E-state index is 12.5. The molecule has 0 aliphatic carbocycles. The van der Waals surface area contributed by atoms with Crippen molar-refractivity contribution in [3.8, 4) is 0 Å². The molecule has 2 rings (SSSR count). The second-order valence-corrected chi connectivity index (χ2v) is 6.41. The Bertz CT molecular complexity index is 694. The predicted octanol–water partition coefficient (Wildman–Crippen LogP) is 1.51. The number of aryl methyl sites for hydroxylation is 1. The molecule has 1 aromatic carbocycles. The van der Waals surface area contributed by atoms with Gasteiger partial charge < -0.3 is 5.73 Å². The Morgan fingerprint density at radius 3 is 2.60 bits per heavy atom. The van der Waals surface area contributed by atoms with Crippen LogP contribution in [0.1, 0.15) is 18.1 Å². The minimum Gasteiger partial charge on any atom is -0.383 e. The summed E-state index contributed by atoms with van der Waals surface area (Å²) in [5, 5.41) is 6.12. The molecule has 1 heterocycles. The second-order valence-electron chi connectivity index (χ2n) is 4.51. The average molecular weight is 294 g/mol. The number of anilines is 1. The quantitative estimate of drug-likeness (QED) is 0.874. The highest BCUT2D eigenvalue weighted by Crippen LogP contribution is 2.22. The highest BCUT2D eigenvalue weighted by atomic mass is 32.2. The van der Waals surface area contributed by atoms with E-state index in [9.17, 15) is 8.42 Å². The third-order valence-electron chi connectivity index (χ3n) is 3.21. The Morgan fingerprint density at radius 1 is 1.35 bits per heavy atom. The molecule has 0 bridgehead atoms. The zero-order chi connectivity index (χ0) is 14.8. The van der Waals surface area contributed by atoms with Gasteiger partial charge in [0, 0.05) is 13.1 Å². The van der Waals surface area contributed by atoms with Crippen LogP contribution in [-0.2, 0) is 16.6 Å². The average Bonchev–Trinajstić information content (AvgIpc) is 2.84. The molecule has 20 heavy (non-hydrogen) atoms. The fourth-order valence-electron chi connectivity index (χ4n) is 1.97. The number of hydrogen-bond donors (Lipinski definition) is 2. The van der Waals surface area contributed by atoms with E-state index in [0.717, 1.165) is 11.1 Å². The number of hydrogen-bond acceptors (Lipinski definition) is 4. The number of nitrogens with zero attached hydrogens (tertiary/aromatic N) is 2. The molecule has 108 valence electrons. The summed E-state index contributed by atoms with van der Waals surface area (Å²) in [4.78, 5) is 0.0212. The standard InChI is InChI=1S/C13H18N4O2S/c1-3-17(9-11-7-5-4-6-10(11)2)20(18,19)12-8-15-16-13(12)14/h4-8H,3,9H2,1-2H3,(H3,14,15,16). The fraction of sp³-hybridized carbons (Fsp3) is 0.308. The van der Waals surface area contributed by atoms with Gasteiger partial charge in [-0.25, -0.2) is 8.42 Å². The Kier molecular flexibility index (Phi) is 4.10. The molecule has 0 fully saturated rings. The van der Waals surface area contributed by atoms with Crippen LogP contribution in [0.5, 0.6) is 0 Å². The van der Waals surface area contributed by atoms with Gasteiger partial charge in [-0.2, -0.15) is 9.40 Å². The third-order valence-corrected chi connectivity index (χ3v) is 5.16. The summed E-state index contributed by atoms with van der Waals surface area (Å²) in [6.07, 6.45) is 1.24. The summed E-state index contributed by atoms with van der Waals surface area (Å²) >= 11 is 0. The zero-order valence-electron chi connectivity index (χ0n) is 11.5. The monoisotopic (exact) mass is 294 g/mol. The number of benzene rings is 1. The van der Waals surface area contributed by atoms with Crippen molar-refractivity contribution in [1.29, 1.82) is 0 Å². The first-order chi connectivity index (χ1) is 9.46. The first-order valence-corrected chi connectivity index (χ1v) is 7.74. The van der Waals surface area contributed by atoms with Gasteiger partial charge in [0.05, 0.1) is 6.20 Å². The van der Waals surface area contributed by atoms with Gasteiger partial charge in [-0.15, -0.1) is 0 Å². The summed E-state index contributed by atoms with van der Waals surface area (Å²) in [6, 6.07) is 7.71. The molecule has 0 saturated heterocycles. The molecule has 0 aliphatic heterocycles. The van der Waals surface area contributed by atoms with Gasteiger partial charge in [0.25, 0.3) is 0 Å². The summed E-state index contributed by atoms with van der Waals surface area (Å²) in [5.74, 6) is 0.0632. The molecule has 0 radical (unpaired) electrons. The molecule has 6 nitrogen and oxygen atoms in total. The van der Waals surface area contributed by atoms with E-state index in [2.05, 4.69) is 10.2 Å². The maximum Gasteiger partial charge on any atom is 0.248 e. The first-order valence-electron chi connectivity index (χ1n) is 6.30. The van der Waals surface area contributed by atoms with E-state index >= 15 is 0 Å². The van der Waals surface area contributed by atoms with Crippen LogP contribution in [0, 0.1) is 6.92 Å². The van der Waals surface area contributed by atoms with Gasteiger partial charge in [-0.1, -0.05) is 31.2 Å². The minimum atomic E-state index is -3.64. The van der Waals surface area contributed by atoms with Crippen LogP contribution >= 0.6 is 0 Å². The lowest BCUT2D eigenvalue weighted by molar-refractivity contribution is 0.423. The predicted molar refractivity (Wildman–Crippen MR) is 77.4 cm³/mol. The van der Waals surface area contributed by atoms with E-state index in [4.69, 9.17) is 5.73 Å². The van der Waals surface area contributed by atoms with Crippen molar-refractivity contribution in [1.82, 2.24) is 14.5 Å². The molecule has 0 amide bonds. The van der Waals surface area contributed by atoms with Crippen molar-refractivity contribution in [2.45, 2.75) is 25.3 Å². The van der Waals surface area contributed by atoms with Crippen LogP contribution in [-0.4, -0.2) is 29.5 Å². The van der Waals surface area contributed by atoms with Crippen molar-refractivity contribution in [2.75, 3.05) is 12.3 Å². The van der Waals surface area contributed by atoms with Crippen molar-refractivity contribution in [3.05, 3.63) is 41.6 Å². The van der Waals surface area contributed by atoms with E-state index < -0.39 is 10.0 Å². The smallest absolute Gasteiger partial charge is 0.248 e. The lowest BCUT2D eigenvalue weighted by atomic mass is 10.1. The van der Waals surface area contributed by atoms with Gasteiger partial charge in [0.1, 0.15) is 10.7 Å². The Hall–Kier alpha value is -1.86. The number of sulfonamides is 1. The Balaban J connectivity index is 2.34. The van der Waals surface area contributed by atoms with Gasteiger partial charge in [-0.3, -0.25) is 5.10 Å². The molecule has 3 N–H and O–H groups in total. The highest BCUT2D eigenvalue weighted by molar-refractivity contribution is 7.89. The fourth-order valence-corrected chi connectivity index (χ4v) is 3.41. The van der Waals surface area contributed by atoms with E-state index in [1.54, 1.807) is 6.92 Å². The van der Waals surface area contributed by atoms with Crippen LogP contribution in [0.15, 0.2) is 35.4 Å². The molecule has 2 aromatic rings. The van der Waals surface area contributed by atoms with E-state index in [0.29, 0.717) is 13.1 Å². The van der Waals surface area contributed by atoms with Gasteiger partial charge in [-0.05, 0) is 18.1 Å². The van der Waals surface area contributed by atoms with Crippen LogP contribution in [0.3, 0.4) is 0 Å². The van der Waals surface area contributed by atoms with Crippen molar-refractivity contribution in [3.63, 3.8) is 0 Å². The molecule has 0 unspecified atom stereocenters. The molecule has 1 aromatic heterocycles. The van der Waals surface area contributed by atoms with E-state index in [1.165, 1.54) is 10.5 Å². The first kappa shape index (κ1) is 14.5. The molecule has 0 atom stereocenters. The maximum atomic E-state index is 12.5. The van der Waals surface area contributed by atoms with Crippen LogP contribution in [0.4, 0.5) is 5.82 Å². The summed E-state index contributed by atoms with van der Waals surface area (Å²) in [5.41, 5.74) is 7.65. The Labute approximate surface area is 118 Å². The van der Waals surface area contributed by atoms with Crippen LogP contribution in [0.25, 0.3) is 0 Å². The van der Waals surface area contributed by atoms with Crippen molar-refractivity contribution >= 4 is 15.8 Å². The van der Waals surface area contributed by atoms with E-state index in [1.807, 2.05) is 31.2 Å². The lowest BCUT2D eigenvalue weighted by Crippen LogP contribution is -2.31. The largest absolute Gasteiger partial charge is 0.383 e. The minimum absolute atomic E-state index is 0.0212. The highest BCUT2D eigenvalue weighted by Gasteiger charge is 2.27. The molecule has 7 heteroatoms. The SMILES string of the molecule is CCN(Cc1ccccc1C)S(=O)(=O)c1cn[nH]c1N. The number of aromatic nitrogens is 2. The topological polar surface area (TPSA) is 92.1 Å². The van der Waals surface area contributed by atoms with E-state index in [-0.39, 0.29) is 10.7 Å². The lowest BCUT2D eigenvalue weighted by Gasteiger charge is -2.21. The normalized spacial score (nSPS) is 11.9. The third kappa shape index (κ3) is 2.68. The van der Waals surface area contributed by atoms with Crippen LogP contribution < -0.4 is 5.73 Å². The van der Waals surface area contributed by atoms with Crippen molar-refractivity contribution in [2.24, 2.45) is 0 Å². The second kappa shape index (κ2) is 5.64. The van der Waals surface area contributed by atoms with Gasteiger partial charge in [0.2, 0.25) is 10.0 Å². The van der Waals surface area contributed by atoms with Gasteiger partial charge in [0.15, 0.2) is 0 Å². The molecular weight excluding hydrogens is 276 g/mol. The number of rotatable bonds is 5. The summed E-state index contributed by atoms with van der Waals surface area (Å²) in [7, 11) is -3.64. The number of nitrogens with one attached hydrogen (secondary N) is 1. The van der Waals surface area contributed by atoms with Gasteiger partial charge >= 0.3 is 0 Å². The molecule has 0 spiro atoms. The Morgan fingerprint density at radius 2 is 2.05 bits per heavy atom. The zero-order valence-corrected chi connectivity index (χ0v) is 12.3. The van der Waals surface area contributed by atoms with Crippen LogP contribution in [0.2, 0.25) is 0 Å². The number of H-pyrrole nitrogens is 1.